The summed E-state index contributed by atoms with van der Waals surface area (Å²) in [6, 6.07) is 16.6. The zero-order valence-electron chi connectivity index (χ0n) is 16.6. The number of ether oxygens (including phenoxy) is 2. The van der Waals surface area contributed by atoms with Crippen molar-refractivity contribution in [2.24, 2.45) is 16.5 Å². The summed E-state index contributed by atoms with van der Waals surface area (Å²) in [5, 5.41) is 0.689. The number of fused-ring (bicyclic) bond motifs is 1. The summed E-state index contributed by atoms with van der Waals surface area (Å²) in [6.07, 6.45) is 4.91. The maximum Gasteiger partial charge on any atom is 0.280 e. The number of carbonyl (C=O) groups is 1. The second kappa shape index (κ2) is 8.92. The third kappa shape index (κ3) is 4.58. The van der Waals surface area contributed by atoms with Crippen LogP contribution in [0.3, 0.4) is 0 Å². The van der Waals surface area contributed by atoms with Crippen molar-refractivity contribution in [2.45, 2.75) is 31.8 Å². The topological polar surface area (TPSA) is 113 Å². The number of benzene rings is 2. The molecule has 0 spiro atoms. The van der Waals surface area contributed by atoms with E-state index in [1.165, 1.54) is 12.8 Å². The van der Waals surface area contributed by atoms with E-state index in [-0.39, 0.29) is 12.8 Å². The number of aromatic nitrogens is 1. The lowest BCUT2D eigenvalue weighted by atomic mass is 10.0. The highest BCUT2D eigenvalue weighted by Gasteiger charge is 2.16. The first-order valence-electron chi connectivity index (χ1n) is 9.99. The van der Waals surface area contributed by atoms with Crippen LogP contribution < -0.4 is 16.2 Å². The number of guanidine groups is 1. The van der Waals surface area contributed by atoms with Crippen LogP contribution in [0.1, 0.15) is 36.0 Å². The van der Waals surface area contributed by atoms with Gasteiger partial charge in [-0.25, -0.2) is 4.98 Å². The SMILES string of the molecule is NC(N)=NC(=O)c1cc(-c2cccc(OCOC3CCCC3)c2)nc2ccccc12. The van der Waals surface area contributed by atoms with Gasteiger partial charge in [0.15, 0.2) is 12.8 Å². The van der Waals surface area contributed by atoms with Gasteiger partial charge in [-0.2, -0.15) is 4.99 Å². The maximum absolute atomic E-state index is 12.6. The summed E-state index contributed by atoms with van der Waals surface area (Å²) in [5.41, 5.74) is 13.3. The van der Waals surface area contributed by atoms with Gasteiger partial charge in [0, 0.05) is 10.9 Å². The number of rotatable bonds is 6. The average molecular weight is 404 g/mol. The van der Waals surface area contributed by atoms with Crippen LogP contribution in [0.4, 0.5) is 0 Å². The molecule has 1 aromatic heterocycles. The number of carbonyl (C=O) groups excluding carboxylic acids is 1. The largest absolute Gasteiger partial charge is 0.468 e. The van der Waals surface area contributed by atoms with Crippen molar-refractivity contribution in [3.63, 3.8) is 0 Å². The predicted octanol–water partition coefficient (Wildman–Crippen LogP) is 3.61. The van der Waals surface area contributed by atoms with Gasteiger partial charge in [0.05, 0.1) is 22.9 Å². The Morgan fingerprint density at radius 1 is 1.07 bits per heavy atom. The van der Waals surface area contributed by atoms with Crippen molar-refractivity contribution >= 4 is 22.8 Å². The average Bonchev–Trinajstić information content (AvgIpc) is 3.26. The highest BCUT2D eigenvalue weighted by molar-refractivity contribution is 6.10. The van der Waals surface area contributed by atoms with Crippen LogP contribution in [0.5, 0.6) is 5.75 Å². The lowest BCUT2D eigenvalue weighted by molar-refractivity contribution is -0.0324. The first-order valence-corrected chi connectivity index (χ1v) is 9.99. The summed E-state index contributed by atoms with van der Waals surface area (Å²) in [7, 11) is 0. The van der Waals surface area contributed by atoms with Crippen molar-refractivity contribution in [3.05, 3.63) is 60.2 Å². The normalized spacial score (nSPS) is 14.0. The van der Waals surface area contributed by atoms with E-state index in [1.807, 2.05) is 48.5 Å². The minimum atomic E-state index is -0.507. The van der Waals surface area contributed by atoms with Gasteiger partial charge in [-0.05, 0) is 37.1 Å². The van der Waals surface area contributed by atoms with Gasteiger partial charge in [-0.1, -0.05) is 43.2 Å². The molecule has 1 amide bonds. The van der Waals surface area contributed by atoms with E-state index in [0.29, 0.717) is 34.0 Å². The molecular weight excluding hydrogens is 380 g/mol. The van der Waals surface area contributed by atoms with E-state index >= 15 is 0 Å². The number of nitrogens with two attached hydrogens (primary N) is 2. The number of hydrogen-bond acceptors (Lipinski definition) is 4. The van der Waals surface area contributed by atoms with E-state index in [9.17, 15) is 4.79 Å². The number of amides is 1. The Hall–Kier alpha value is -3.45. The van der Waals surface area contributed by atoms with Crippen molar-refractivity contribution in [1.29, 1.82) is 0 Å². The molecule has 0 atom stereocenters. The Morgan fingerprint density at radius 2 is 1.87 bits per heavy atom. The standard InChI is InChI=1S/C23H24N4O3/c24-23(25)27-22(28)19-13-21(26-20-11-4-3-10-18(19)20)15-6-5-9-17(12-15)30-14-29-16-7-1-2-8-16/h3-6,9-13,16H,1-2,7-8,14H2,(H4,24,25,27,28). The third-order valence-corrected chi connectivity index (χ3v) is 5.14. The Kier molecular flexibility index (Phi) is 5.90. The molecule has 0 radical (unpaired) electrons. The first kappa shape index (κ1) is 19.8. The minimum absolute atomic E-state index is 0.216. The number of nitrogens with zero attached hydrogens (tertiary/aromatic N) is 2. The van der Waals surface area contributed by atoms with E-state index < -0.39 is 5.91 Å². The molecule has 0 bridgehead atoms. The Labute approximate surface area is 174 Å². The second-order valence-corrected chi connectivity index (χ2v) is 7.28. The number of aliphatic imine (C=N–C) groups is 1. The Bertz CT molecular complexity index is 1090. The van der Waals surface area contributed by atoms with Gasteiger partial charge in [0.25, 0.3) is 5.91 Å². The van der Waals surface area contributed by atoms with Gasteiger partial charge in [0.1, 0.15) is 5.75 Å². The molecule has 4 rings (SSSR count). The molecule has 154 valence electrons. The molecule has 7 heteroatoms. The van der Waals surface area contributed by atoms with Crippen LogP contribution >= 0.6 is 0 Å². The molecule has 0 unspecified atom stereocenters. The van der Waals surface area contributed by atoms with Crippen molar-refractivity contribution in [3.8, 4) is 17.0 Å². The molecule has 3 aromatic rings. The van der Waals surface area contributed by atoms with Gasteiger partial charge in [0.2, 0.25) is 0 Å². The summed E-state index contributed by atoms with van der Waals surface area (Å²) in [6.45, 7) is 0.216. The van der Waals surface area contributed by atoms with E-state index in [0.717, 1.165) is 18.4 Å². The highest BCUT2D eigenvalue weighted by Crippen LogP contribution is 2.28. The van der Waals surface area contributed by atoms with Crippen molar-refractivity contribution in [1.82, 2.24) is 4.98 Å². The van der Waals surface area contributed by atoms with Gasteiger partial charge < -0.3 is 20.9 Å². The van der Waals surface area contributed by atoms with E-state index in [4.69, 9.17) is 25.9 Å². The van der Waals surface area contributed by atoms with Crippen LogP contribution in [0.2, 0.25) is 0 Å². The van der Waals surface area contributed by atoms with Gasteiger partial charge in [-0.3, -0.25) is 4.79 Å². The lowest BCUT2D eigenvalue weighted by Crippen LogP contribution is -2.24. The van der Waals surface area contributed by atoms with E-state index in [1.54, 1.807) is 6.07 Å². The Morgan fingerprint density at radius 3 is 2.67 bits per heavy atom. The van der Waals surface area contributed by atoms with Crippen LogP contribution in [0.15, 0.2) is 59.6 Å². The molecular formula is C23H24N4O3. The second-order valence-electron chi connectivity index (χ2n) is 7.28. The van der Waals surface area contributed by atoms with Crippen molar-refractivity contribution in [2.75, 3.05) is 6.79 Å². The molecule has 1 heterocycles. The summed E-state index contributed by atoms with van der Waals surface area (Å²) in [5.74, 6) is -0.107. The highest BCUT2D eigenvalue weighted by atomic mass is 16.7. The Balaban J connectivity index is 1.62. The maximum atomic E-state index is 12.6. The fraction of sp³-hybridized carbons (Fsp3) is 0.261. The lowest BCUT2D eigenvalue weighted by Gasteiger charge is -2.13. The zero-order chi connectivity index (χ0) is 20.9. The summed E-state index contributed by atoms with van der Waals surface area (Å²) in [4.78, 5) is 21.0. The monoisotopic (exact) mass is 404 g/mol. The molecule has 4 N–H and O–H groups in total. The molecule has 1 aliphatic rings. The molecule has 0 saturated heterocycles. The van der Waals surface area contributed by atoms with Crippen molar-refractivity contribution < 1.29 is 14.3 Å². The van der Waals surface area contributed by atoms with Gasteiger partial charge >= 0.3 is 0 Å². The van der Waals surface area contributed by atoms with Crippen LogP contribution in [-0.2, 0) is 4.74 Å². The van der Waals surface area contributed by atoms with Crippen LogP contribution in [0, 0.1) is 0 Å². The number of pyridine rings is 1. The molecule has 1 aliphatic carbocycles. The fourth-order valence-electron chi connectivity index (χ4n) is 3.68. The fourth-order valence-corrected chi connectivity index (χ4v) is 3.68. The van der Waals surface area contributed by atoms with Crippen LogP contribution in [-0.4, -0.2) is 29.7 Å². The molecule has 7 nitrogen and oxygen atoms in total. The smallest absolute Gasteiger partial charge is 0.280 e. The predicted molar refractivity (Wildman–Crippen MR) is 116 cm³/mol. The van der Waals surface area contributed by atoms with Crippen LogP contribution in [0.25, 0.3) is 22.2 Å². The minimum Gasteiger partial charge on any atom is -0.468 e. The molecule has 2 aromatic carbocycles. The zero-order valence-corrected chi connectivity index (χ0v) is 16.6. The summed E-state index contributed by atoms with van der Waals surface area (Å²) >= 11 is 0. The molecule has 1 fully saturated rings. The first-order chi connectivity index (χ1) is 14.6. The van der Waals surface area contributed by atoms with Gasteiger partial charge in [-0.15, -0.1) is 0 Å². The third-order valence-electron chi connectivity index (χ3n) is 5.14. The number of para-hydroxylation sites is 1. The quantitative estimate of drug-likeness (QED) is 0.369. The molecule has 30 heavy (non-hydrogen) atoms. The number of hydrogen-bond donors (Lipinski definition) is 2. The van der Waals surface area contributed by atoms with E-state index in [2.05, 4.69) is 4.99 Å². The summed E-state index contributed by atoms with van der Waals surface area (Å²) < 4.78 is 11.6. The molecule has 0 aliphatic heterocycles. The molecule has 1 saturated carbocycles.